The molecular weight excluding hydrogens is 232 g/mol. The average Bonchev–Trinajstić information content (AvgIpc) is 2.39. The Morgan fingerprint density at radius 1 is 1.11 bits per heavy atom. The van der Waals surface area contributed by atoms with E-state index in [1.807, 2.05) is 0 Å². The van der Waals surface area contributed by atoms with Gasteiger partial charge in [-0.25, -0.2) is 0 Å². The minimum absolute atomic E-state index is 0.140. The van der Waals surface area contributed by atoms with Crippen LogP contribution in [0.2, 0.25) is 0 Å². The van der Waals surface area contributed by atoms with Gasteiger partial charge in [-0.2, -0.15) is 0 Å². The summed E-state index contributed by atoms with van der Waals surface area (Å²) in [5, 5.41) is 0. The molecule has 1 fully saturated rings. The van der Waals surface area contributed by atoms with E-state index in [4.69, 9.17) is 5.73 Å². The number of hydrogen-bond acceptors (Lipinski definition) is 2. The standard InChI is InChI=1S/C17H28N2/c1-16(2)11-7-8-12-17(16,14-18)19(3)13-15-9-5-4-6-10-15/h4-6,9-10H,7-8,11-14,18H2,1-3H3. The van der Waals surface area contributed by atoms with Crippen molar-refractivity contribution in [2.24, 2.45) is 11.1 Å². The van der Waals surface area contributed by atoms with E-state index in [1.54, 1.807) is 0 Å². The highest BCUT2D eigenvalue weighted by Gasteiger charge is 2.48. The van der Waals surface area contributed by atoms with E-state index in [0.717, 1.165) is 13.1 Å². The van der Waals surface area contributed by atoms with E-state index in [1.165, 1.54) is 31.2 Å². The average molecular weight is 260 g/mol. The molecule has 0 heterocycles. The minimum atomic E-state index is 0.140. The highest BCUT2D eigenvalue weighted by atomic mass is 15.2. The van der Waals surface area contributed by atoms with Crippen molar-refractivity contribution in [3.05, 3.63) is 35.9 Å². The highest BCUT2D eigenvalue weighted by Crippen LogP contribution is 2.46. The molecule has 2 nitrogen and oxygen atoms in total. The molecule has 1 aliphatic carbocycles. The molecule has 1 unspecified atom stereocenters. The van der Waals surface area contributed by atoms with Crippen molar-refractivity contribution in [3.63, 3.8) is 0 Å². The highest BCUT2D eigenvalue weighted by molar-refractivity contribution is 5.16. The van der Waals surface area contributed by atoms with Crippen LogP contribution in [0.15, 0.2) is 30.3 Å². The lowest BCUT2D eigenvalue weighted by Gasteiger charge is -2.55. The van der Waals surface area contributed by atoms with Gasteiger partial charge in [-0.15, -0.1) is 0 Å². The third-order valence-corrected chi connectivity index (χ3v) is 5.23. The fraction of sp³-hybridized carbons (Fsp3) is 0.647. The van der Waals surface area contributed by atoms with Crippen LogP contribution in [0, 0.1) is 5.41 Å². The second kappa shape index (κ2) is 5.64. The van der Waals surface area contributed by atoms with E-state index in [9.17, 15) is 0 Å². The van der Waals surface area contributed by atoms with Crippen LogP contribution in [-0.2, 0) is 6.54 Å². The van der Waals surface area contributed by atoms with Gasteiger partial charge in [0, 0.05) is 18.6 Å². The fourth-order valence-electron chi connectivity index (χ4n) is 3.81. The van der Waals surface area contributed by atoms with Gasteiger partial charge in [0.05, 0.1) is 0 Å². The smallest absolute Gasteiger partial charge is 0.0383 e. The van der Waals surface area contributed by atoms with Gasteiger partial charge in [-0.3, -0.25) is 4.90 Å². The Kier molecular flexibility index (Phi) is 4.32. The number of benzene rings is 1. The summed E-state index contributed by atoms with van der Waals surface area (Å²) < 4.78 is 0. The summed E-state index contributed by atoms with van der Waals surface area (Å²) in [6.45, 7) is 6.52. The molecule has 106 valence electrons. The first-order chi connectivity index (χ1) is 9.02. The Balaban J connectivity index is 2.20. The molecule has 2 heteroatoms. The van der Waals surface area contributed by atoms with Crippen LogP contribution in [0.1, 0.15) is 45.1 Å². The molecule has 0 spiro atoms. The number of nitrogens with two attached hydrogens (primary N) is 1. The van der Waals surface area contributed by atoms with E-state index < -0.39 is 0 Å². The van der Waals surface area contributed by atoms with E-state index in [0.29, 0.717) is 5.41 Å². The van der Waals surface area contributed by atoms with Crippen molar-refractivity contribution in [1.29, 1.82) is 0 Å². The lowest BCUT2D eigenvalue weighted by molar-refractivity contribution is -0.0334. The molecule has 0 aromatic heterocycles. The van der Waals surface area contributed by atoms with Gasteiger partial charge >= 0.3 is 0 Å². The predicted octanol–water partition coefficient (Wildman–Crippen LogP) is 3.42. The Hall–Kier alpha value is -0.860. The van der Waals surface area contributed by atoms with Crippen molar-refractivity contribution < 1.29 is 0 Å². The molecule has 19 heavy (non-hydrogen) atoms. The Morgan fingerprint density at radius 2 is 1.74 bits per heavy atom. The van der Waals surface area contributed by atoms with E-state index in [-0.39, 0.29) is 5.54 Å². The Bertz CT molecular complexity index is 399. The summed E-state index contributed by atoms with van der Waals surface area (Å²) >= 11 is 0. The monoisotopic (exact) mass is 260 g/mol. The molecule has 1 atom stereocenters. The molecular formula is C17H28N2. The van der Waals surface area contributed by atoms with Crippen molar-refractivity contribution in [2.75, 3.05) is 13.6 Å². The molecule has 0 radical (unpaired) electrons. The maximum Gasteiger partial charge on any atom is 0.0383 e. The van der Waals surface area contributed by atoms with E-state index in [2.05, 4.69) is 56.1 Å². The quantitative estimate of drug-likeness (QED) is 0.899. The first kappa shape index (κ1) is 14.5. The van der Waals surface area contributed by atoms with Gasteiger partial charge in [0.25, 0.3) is 0 Å². The molecule has 0 aliphatic heterocycles. The number of hydrogen-bond donors (Lipinski definition) is 1. The van der Waals surface area contributed by atoms with Crippen LogP contribution in [0.4, 0.5) is 0 Å². The lowest BCUT2D eigenvalue weighted by Crippen LogP contribution is -2.62. The van der Waals surface area contributed by atoms with Crippen LogP contribution >= 0.6 is 0 Å². The number of rotatable bonds is 4. The van der Waals surface area contributed by atoms with Gasteiger partial charge < -0.3 is 5.73 Å². The maximum atomic E-state index is 6.23. The lowest BCUT2D eigenvalue weighted by atomic mass is 9.62. The number of nitrogens with zero attached hydrogens (tertiary/aromatic N) is 1. The predicted molar refractivity (Wildman–Crippen MR) is 81.9 cm³/mol. The maximum absolute atomic E-state index is 6.23. The third kappa shape index (κ3) is 2.70. The van der Waals surface area contributed by atoms with Gasteiger partial charge in [0.1, 0.15) is 0 Å². The summed E-state index contributed by atoms with van der Waals surface area (Å²) in [4.78, 5) is 2.50. The first-order valence-electron chi connectivity index (χ1n) is 7.47. The van der Waals surface area contributed by atoms with Crippen LogP contribution < -0.4 is 5.73 Å². The molecule has 2 N–H and O–H groups in total. The third-order valence-electron chi connectivity index (χ3n) is 5.23. The van der Waals surface area contributed by atoms with Crippen LogP contribution in [0.5, 0.6) is 0 Å². The minimum Gasteiger partial charge on any atom is -0.329 e. The van der Waals surface area contributed by atoms with Crippen molar-refractivity contribution in [2.45, 2.75) is 51.6 Å². The molecule has 1 saturated carbocycles. The normalized spacial score (nSPS) is 26.6. The van der Waals surface area contributed by atoms with E-state index >= 15 is 0 Å². The van der Waals surface area contributed by atoms with Crippen LogP contribution in [-0.4, -0.2) is 24.0 Å². The summed E-state index contributed by atoms with van der Waals surface area (Å²) in [5.74, 6) is 0. The van der Waals surface area contributed by atoms with Crippen molar-refractivity contribution >= 4 is 0 Å². The van der Waals surface area contributed by atoms with Gasteiger partial charge in [-0.1, -0.05) is 57.0 Å². The fourth-order valence-corrected chi connectivity index (χ4v) is 3.81. The summed E-state index contributed by atoms with van der Waals surface area (Å²) in [5.41, 5.74) is 8.04. The summed E-state index contributed by atoms with van der Waals surface area (Å²) in [6.07, 6.45) is 5.15. The molecule has 0 amide bonds. The van der Waals surface area contributed by atoms with Crippen LogP contribution in [0.25, 0.3) is 0 Å². The molecule has 0 bridgehead atoms. The van der Waals surface area contributed by atoms with Gasteiger partial charge in [0.2, 0.25) is 0 Å². The molecule has 1 aromatic rings. The SMILES string of the molecule is CN(Cc1ccccc1)C1(CN)CCCCC1(C)C. The van der Waals surface area contributed by atoms with Gasteiger partial charge in [-0.05, 0) is 30.9 Å². The summed E-state index contributed by atoms with van der Waals surface area (Å²) in [7, 11) is 2.24. The zero-order valence-electron chi connectivity index (χ0n) is 12.7. The molecule has 0 saturated heterocycles. The van der Waals surface area contributed by atoms with Crippen LogP contribution in [0.3, 0.4) is 0 Å². The topological polar surface area (TPSA) is 29.3 Å². The van der Waals surface area contributed by atoms with Crippen molar-refractivity contribution in [3.8, 4) is 0 Å². The largest absolute Gasteiger partial charge is 0.329 e. The second-order valence-corrected chi connectivity index (χ2v) is 6.67. The van der Waals surface area contributed by atoms with Crippen molar-refractivity contribution in [1.82, 2.24) is 4.90 Å². The zero-order chi connectivity index (χ0) is 13.9. The zero-order valence-corrected chi connectivity index (χ0v) is 12.7. The first-order valence-corrected chi connectivity index (χ1v) is 7.47. The second-order valence-electron chi connectivity index (χ2n) is 6.67. The molecule has 1 aromatic carbocycles. The van der Waals surface area contributed by atoms with Gasteiger partial charge in [0.15, 0.2) is 0 Å². The Morgan fingerprint density at radius 3 is 2.32 bits per heavy atom. The molecule has 1 aliphatic rings. The molecule has 2 rings (SSSR count). The Labute approximate surface area is 118 Å². The number of likely N-dealkylation sites (N-methyl/N-ethyl adjacent to an activating group) is 1. The summed E-state index contributed by atoms with van der Waals surface area (Å²) in [6, 6.07) is 10.7.